The van der Waals surface area contributed by atoms with E-state index < -0.39 is 11.9 Å². The number of aryl methyl sites for hydroxylation is 1. The van der Waals surface area contributed by atoms with Crippen molar-refractivity contribution in [1.29, 1.82) is 0 Å². The van der Waals surface area contributed by atoms with Crippen LogP contribution in [0.15, 0.2) is 36.3 Å². The molecule has 0 aliphatic rings. The van der Waals surface area contributed by atoms with Crippen LogP contribution in [0.1, 0.15) is 13.3 Å². The molecule has 0 saturated heterocycles. The number of carbonyl (C=O) groups excluding carboxylic acids is 2. The molecule has 0 atom stereocenters. The summed E-state index contributed by atoms with van der Waals surface area (Å²) in [7, 11) is 2.48. The molecule has 7 nitrogen and oxygen atoms in total. The first kappa shape index (κ1) is 16.5. The highest BCUT2D eigenvalue weighted by molar-refractivity contribution is 5.99. The van der Waals surface area contributed by atoms with Crippen LogP contribution in [0.25, 0.3) is 11.0 Å². The molecule has 2 rings (SSSR count). The van der Waals surface area contributed by atoms with Crippen molar-refractivity contribution in [1.82, 2.24) is 9.55 Å². The molecule has 0 fully saturated rings. The first-order valence-corrected chi connectivity index (χ1v) is 7.19. The molecule has 122 valence electrons. The fourth-order valence-corrected chi connectivity index (χ4v) is 2.15. The van der Waals surface area contributed by atoms with Gasteiger partial charge in [0.2, 0.25) is 0 Å². The predicted molar refractivity (Wildman–Crippen MR) is 85.8 cm³/mol. The Bertz CT molecular complexity index is 749. The molecule has 0 aliphatic heterocycles. The molecule has 1 heterocycles. The summed E-state index contributed by atoms with van der Waals surface area (Å²) < 4.78 is 11.3. The third-order valence-electron chi connectivity index (χ3n) is 3.23. The number of hydrogen-bond donors (Lipinski definition) is 1. The molecule has 0 aliphatic carbocycles. The van der Waals surface area contributed by atoms with Gasteiger partial charge >= 0.3 is 11.9 Å². The van der Waals surface area contributed by atoms with E-state index >= 15 is 0 Å². The van der Waals surface area contributed by atoms with E-state index in [1.165, 1.54) is 14.2 Å². The largest absolute Gasteiger partial charge is 0.466 e. The minimum absolute atomic E-state index is 0.00769. The Labute approximate surface area is 133 Å². The van der Waals surface area contributed by atoms with E-state index in [0.29, 0.717) is 5.69 Å². The number of benzene rings is 1. The zero-order chi connectivity index (χ0) is 16.8. The minimum Gasteiger partial charge on any atom is -0.466 e. The number of nitrogens with one attached hydrogen (secondary N) is 1. The number of methoxy groups -OCH3 is 2. The van der Waals surface area contributed by atoms with E-state index in [0.717, 1.165) is 30.1 Å². The Hall–Kier alpha value is -2.83. The average Bonchev–Trinajstić information content (AvgIpc) is 2.96. The highest BCUT2D eigenvalue weighted by Crippen LogP contribution is 2.20. The van der Waals surface area contributed by atoms with E-state index in [4.69, 9.17) is 0 Å². The van der Waals surface area contributed by atoms with Crippen LogP contribution in [0.3, 0.4) is 0 Å². The number of imidazole rings is 1. The lowest BCUT2D eigenvalue weighted by Crippen LogP contribution is -2.15. The molecule has 0 saturated carbocycles. The van der Waals surface area contributed by atoms with Gasteiger partial charge in [-0.15, -0.1) is 0 Å². The number of hydrogen-bond acceptors (Lipinski definition) is 6. The van der Waals surface area contributed by atoms with Crippen molar-refractivity contribution in [3.05, 3.63) is 36.3 Å². The molecule has 2 aromatic rings. The summed E-state index contributed by atoms with van der Waals surface area (Å²) in [6.07, 6.45) is 3.84. The molecule has 1 aromatic heterocycles. The third kappa shape index (κ3) is 3.88. The number of anilines is 1. The van der Waals surface area contributed by atoms with Crippen LogP contribution in [0.5, 0.6) is 0 Å². The van der Waals surface area contributed by atoms with Crippen LogP contribution in [-0.2, 0) is 25.6 Å². The van der Waals surface area contributed by atoms with Gasteiger partial charge in [0.15, 0.2) is 0 Å². The molecular weight excluding hydrogens is 298 g/mol. The lowest BCUT2D eigenvalue weighted by Gasteiger charge is -2.09. The number of nitrogens with zero attached hydrogens (tertiary/aromatic N) is 2. The predicted octanol–water partition coefficient (Wildman–Crippen LogP) is 2.09. The minimum atomic E-state index is -0.660. The molecule has 23 heavy (non-hydrogen) atoms. The van der Waals surface area contributed by atoms with Crippen molar-refractivity contribution < 1.29 is 19.1 Å². The first-order valence-electron chi connectivity index (χ1n) is 7.19. The number of carbonyl (C=O) groups is 2. The van der Waals surface area contributed by atoms with Crippen molar-refractivity contribution in [2.24, 2.45) is 0 Å². The number of ether oxygens (including phenoxy) is 2. The second-order valence-electron chi connectivity index (χ2n) is 4.84. The van der Waals surface area contributed by atoms with Gasteiger partial charge in [0.05, 0.1) is 37.7 Å². The van der Waals surface area contributed by atoms with Crippen LogP contribution in [-0.4, -0.2) is 35.7 Å². The lowest BCUT2D eigenvalue weighted by molar-refractivity contribution is -0.138. The Morgan fingerprint density at radius 3 is 2.74 bits per heavy atom. The fraction of sp³-hybridized carbons (Fsp3) is 0.312. The van der Waals surface area contributed by atoms with Crippen LogP contribution >= 0.6 is 0 Å². The summed E-state index contributed by atoms with van der Waals surface area (Å²) in [5, 5.41) is 2.86. The summed E-state index contributed by atoms with van der Waals surface area (Å²) in [6.45, 7) is 2.99. The normalized spacial score (nSPS) is 11.3. The maximum atomic E-state index is 11.7. The quantitative estimate of drug-likeness (QED) is 0.649. The van der Waals surface area contributed by atoms with E-state index in [2.05, 4.69) is 31.3 Å². The number of rotatable bonds is 6. The molecule has 1 aromatic carbocycles. The highest BCUT2D eigenvalue weighted by atomic mass is 16.5. The summed E-state index contributed by atoms with van der Waals surface area (Å²) in [4.78, 5) is 27.4. The summed E-state index contributed by atoms with van der Waals surface area (Å²) >= 11 is 0. The van der Waals surface area contributed by atoms with E-state index in [9.17, 15) is 9.59 Å². The zero-order valence-electron chi connectivity index (χ0n) is 13.3. The zero-order valence-corrected chi connectivity index (χ0v) is 13.3. The van der Waals surface area contributed by atoms with Crippen molar-refractivity contribution in [2.45, 2.75) is 19.9 Å². The van der Waals surface area contributed by atoms with Gasteiger partial charge in [0.25, 0.3) is 0 Å². The summed E-state index contributed by atoms with van der Waals surface area (Å²) in [6, 6.07) is 5.52. The van der Waals surface area contributed by atoms with Crippen molar-refractivity contribution >= 4 is 28.7 Å². The van der Waals surface area contributed by atoms with Gasteiger partial charge in [-0.1, -0.05) is 6.92 Å². The van der Waals surface area contributed by atoms with Gasteiger partial charge < -0.3 is 19.4 Å². The molecule has 0 amide bonds. The van der Waals surface area contributed by atoms with Crippen molar-refractivity contribution in [3.8, 4) is 0 Å². The molecule has 7 heteroatoms. The average molecular weight is 317 g/mol. The van der Waals surface area contributed by atoms with Crippen LogP contribution < -0.4 is 5.32 Å². The summed E-state index contributed by atoms with van der Waals surface area (Å²) in [5.41, 5.74) is 2.42. The van der Waals surface area contributed by atoms with Gasteiger partial charge in [-0.2, -0.15) is 0 Å². The number of fused-ring (bicyclic) bond motifs is 1. The fourth-order valence-electron chi connectivity index (χ4n) is 2.15. The van der Waals surface area contributed by atoms with Gasteiger partial charge in [-0.3, -0.25) is 0 Å². The second kappa shape index (κ2) is 7.44. The standard InChI is InChI=1S/C16H19N3O4/c1-4-7-19-10-17-12-8-11(5-6-14(12)19)18-13(16(21)23-3)9-15(20)22-2/h5-6,8-10,18H,4,7H2,1-3H3/b13-9+. The third-order valence-corrected chi connectivity index (χ3v) is 3.23. The lowest BCUT2D eigenvalue weighted by atomic mass is 10.2. The Morgan fingerprint density at radius 1 is 1.30 bits per heavy atom. The molecule has 1 N–H and O–H groups in total. The Morgan fingerprint density at radius 2 is 2.09 bits per heavy atom. The van der Waals surface area contributed by atoms with E-state index in [1.54, 1.807) is 12.4 Å². The highest BCUT2D eigenvalue weighted by Gasteiger charge is 2.13. The summed E-state index contributed by atoms with van der Waals surface area (Å²) in [5.74, 6) is -1.31. The molecule has 0 radical (unpaired) electrons. The molecule has 0 bridgehead atoms. The molecular formula is C16H19N3O4. The molecule has 0 spiro atoms. The topological polar surface area (TPSA) is 82.5 Å². The number of esters is 2. The van der Waals surface area contributed by atoms with Crippen LogP contribution in [0.2, 0.25) is 0 Å². The van der Waals surface area contributed by atoms with Gasteiger partial charge in [0.1, 0.15) is 5.70 Å². The monoisotopic (exact) mass is 317 g/mol. The van der Waals surface area contributed by atoms with Crippen LogP contribution in [0, 0.1) is 0 Å². The van der Waals surface area contributed by atoms with Crippen molar-refractivity contribution in [3.63, 3.8) is 0 Å². The smallest absolute Gasteiger partial charge is 0.354 e. The second-order valence-corrected chi connectivity index (χ2v) is 4.84. The SMILES string of the molecule is CCCn1cnc2cc(N/C(=C/C(=O)OC)C(=O)OC)ccc21. The molecule has 0 unspecified atom stereocenters. The van der Waals surface area contributed by atoms with E-state index in [1.807, 2.05) is 12.1 Å². The maximum absolute atomic E-state index is 11.7. The van der Waals surface area contributed by atoms with Crippen molar-refractivity contribution in [2.75, 3.05) is 19.5 Å². The Kier molecular flexibility index (Phi) is 5.35. The Balaban J connectivity index is 2.29. The maximum Gasteiger partial charge on any atom is 0.354 e. The van der Waals surface area contributed by atoms with Crippen LogP contribution in [0.4, 0.5) is 5.69 Å². The first-order chi connectivity index (χ1) is 11.1. The van der Waals surface area contributed by atoms with Gasteiger partial charge in [0, 0.05) is 12.2 Å². The van der Waals surface area contributed by atoms with Gasteiger partial charge in [-0.25, -0.2) is 14.6 Å². The van der Waals surface area contributed by atoms with Gasteiger partial charge in [-0.05, 0) is 24.6 Å². The number of aromatic nitrogens is 2. The van der Waals surface area contributed by atoms with E-state index in [-0.39, 0.29) is 5.70 Å².